The van der Waals surface area contributed by atoms with Crippen LogP contribution in [-0.4, -0.2) is 34.4 Å². The Balaban J connectivity index is 1.62. The fourth-order valence-corrected chi connectivity index (χ4v) is 4.85. The van der Waals surface area contributed by atoms with Crippen LogP contribution in [-0.2, 0) is 15.0 Å². The number of hydrogen-bond acceptors (Lipinski definition) is 4. The number of nitrogens with one attached hydrogen (secondary N) is 1. The van der Waals surface area contributed by atoms with Gasteiger partial charge in [0.2, 0.25) is 5.88 Å². The Labute approximate surface area is 182 Å². The van der Waals surface area contributed by atoms with Crippen LogP contribution >= 0.6 is 0 Å². The molecule has 0 radical (unpaired) electrons. The van der Waals surface area contributed by atoms with E-state index in [1.807, 2.05) is 18.2 Å². The van der Waals surface area contributed by atoms with E-state index in [1.165, 1.54) is 18.7 Å². The molecule has 1 fully saturated rings. The van der Waals surface area contributed by atoms with Gasteiger partial charge in [-0.05, 0) is 23.8 Å². The number of furan rings is 1. The molecular formula is C25H19N3O4. The number of urea groups is 1. The van der Waals surface area contributed by atoms with Gasteiger partial charge in [0.25, 0.3) is 11.8 Å². The van der Waals surface area contributed by atoms with Gasteiger partial charge in [-0.1, -0.05) is 50.2 Å². The van der Waals surface area contributed by atoms with E-state index in [4.69, 9.17) is 4.42 Å². The summed E-state index contributed by atoms with van der Waals surface area (Å²) in [6, 6.07) is 15.6. The van der Waals surface area contributed by atoms with Crippen molar-refractivity contribution in [1.82, 2.24) is 14.8 Å². The Morgan fingerprint density at radius 1 is 0.969 bits per heavy atom. The molecule has 32 heavy (non-hydrogen) atoms. The maximum absolute atomic E-state index is 12.5. The fourth-order valence-electron chi connectivity index (χ4n) is 4.85. The number of nitrogens with zero attached hydrogens (tertiary/aromatic N) is 2. The number of hydrogen-bond donors (Lipinski definition) is 1. The highest BCUT2D eigenvalue weighted by atomic mass is 16.4. The first kappa shape index (κ1) is 18.6. The van der Waals surface area contributed by atoms with Gasteiger partial charge in [0.15, 0.2) is 0 Å². The number of para-hydroxylation sites is 2. The Kier molecular flexibility index (Phi) is 3.48. The monoisotopic (exact) mass is 425 g/mol. The second kappa shape index (κ2) is 5.97. The van der Waals surface area contributed by atoms with Crippen molar-refractivity contribution in [3.63, 3.8) is 0 Å². The number of fused-ring (bicyclic) bond motifs is 5. The number of amides is 4. The lowest BCUT2D eigenvalue weighted by Gasteiger charge is -2.31. The Bertz CT molecular complexity index is 1550. The highest BCUT2D eigenvalue weighted by Gasteiger charge is 2.38. The molecule has 2 aliphatic heterocycles. The first-order valence-electron chi connectivity index (χ1n) is 10.3. The lowest BCUT2D eigenvalue weighted by molar-refractivity contribution is -0.129. The minimum atomic E-state index is -0.742. The minimum Gasteiger partial charge on any atom is -0.440 e. The Morgan fingerprint density at radius 2 is 1.72 bits per heavy atom. The number of carbonyl (C=O) groups excluding carboxylic acids is 3. The van der Waals surface area contributed by atoms with E-state index in [0.717, 1.165) is 32.3 Å². The van der Waals surface area contributed by atoms with E-state index in [0.29, 0.717) is 11.6 Å². The molecule has 0 bridgehead atoms. The highest BCUT2D eigenvalue weighted by molar-refractivity contribution is 6.30. The van der Waals surface area contributed by atoms with Gasteiger partial charge in [0.1, 0.15) is 11.3 Å². The molecule has 0 spiro atoms. The third kappa shape index (κ3) is 2.22. The molecule has 0 unspecified atom stereocenters. The van der Waals surface area contributed by atoms with Crippen molar-refractivity contribution < 1.29 is 18.8 Å². The smallest absolute Gasteiger partial charge is 0.331 e. The lowest BCUT2D eigenvalue weighted by Crippen LogP contribution is -2.52. The number of aromatic nitrogens is 1. The molecule has 4 aromatic rings. The average molecular weight is 425 g/mol. The largest absolute Gasteiger partial charge is 0.440 e. The second-order valence-electron chi connectivity index (χ2n) is 8.73. The summed E-state index contributed by atoms with van der Waals surface area (Å²) in [5, 5.41) is 4.45. The summed E-state index contributed by atoms with van der Waals surface area (Å²) in [4.78, 5) is 37.4. The number of rotatable bonds is 1. The third-order valence-electron chi connectivity index (χ3n) is 6.57. The molecule has 6 rings (SSSR count). The Morgan fingerprint density at radius 3 is 2.53 bits per heavy atom. The number of imide groups is 2. The summed E-state index contributed by atoms with van der Waals surface area (Å²) >= 11 is 0. The topological polar surface area (TPSA) is 84.6 Å². The average Bonchev–Trinajstić information content (AvgIpc) is 3.34. The van der Waals surface area contributed by atoms with Crippen LogP contribution in [0.2, 0.25) is 0 Å². The maximum atomic E-state index is 12.5. The van der Waals surface area contributed by atoms with Crippen LogP contribution in [0, 0.1) is 0 Å². The van der Waals surface area contributed by atoms with Gasteiger partial charge in [-0.25, -0.2) is 4.79 Å². The summed E-state index contributed by atoms with van der Waals surface area (Å²) < 4.78 is 8.38. The van der Waals surface area contributed by atoms with Crippen LogP contribution in [0.4, 0.5) is 4.79 Å². The summed E-state index contributed by atoms with van der Waals surface area (Å²) in [5.41, 5.74) is 3.75. The first-order chi connectivity index (χ1) is 15.3. The van der Waals surface area contributed by atoms with Gasteiger partial charge < -0.3 is 4.42 Å². The molecule has 0 aliphatic carbocycles. The lowest BCUT2D eigenvalue weighted by atomic mass is 9.76. The number of barbiturate groups is 1. The summed E-state index contributed by atoms with van der Waals surface area (Å²) in [5.74, 6) is -0.351. The normalized spacial score (nSPS) is 18.5. The predicted octanol–water partition coefficient (Wildman–Crippen LogP) is 4.11. The van der Waals surface area contributed by atoms with Crippen molar-refractivity contribution >= 4 is 45.7 Å². The number of likely N-dealkylation sites (N-methyl/N-ethyl adjacent to an activating group) is 1. The van der Waals surface area contributed by atoms with E-state index < -0.39 is 17.8 Å². The maximum Gasteiger partial charge on any atom is 0.331 e. The zero-order valence-electron chi connectivity index (χ0n) is 17.7. The molecule has 0 saturated carbocycles. The standard InChI is InChI=1S/C25H19N3O4/c1-25(2)17-9-6-8-15-14-7-4-5-10-19(14)28(20(15)17)23-18(25)12-13(32-23)11-16-21(29)26-24(31)27(3)22(16)30/h4-12H,1-3H3,(H,26,29,31)/b16-11+. The van der Waals surface area contributed by atoms with Crippen LogP contribution < -0.4 is 5.32 Å². The molecule has 7 heteroatoms. The predicted molar refractivity (Wildman–Crippen MR) is 119 cm³/mol. The van der Waals surface area contributed by atoms with Crippen molar-refractivity contribution in [2.45, 2.75) is 19.3 Å². The molecule has 1 N–H and O–H groups in total. The van der Waals surface area contributed by atoms with E-state index in [9.17, 15) is 14.4 Å². The Hall–Kier alpha value is -4.13. The van der Waals surface area contributed by atoms with Gasteiger partial charge in [0.05, 0.1) is 11.0 Å². The van der Waals surface area contributed by atoms with E-state index >= 15 is 0 Å². The van der Waals surface area contributed by atoms with E-state index in [2.05, 4.69) is 54.1 Å². The molecule has 1 saturated heterocycles. The van der Waals surface area contributed by atoms with Crippen LogP contribution in [0.5, 0.6) is 0 Å². The van der Waals surface area contributed by atoms with Gasteiger partial charge in [-0.2, -0.15) is 0 Å². The van der Waals surface area contributed by atoms with Gasteiger partial charge in [-0.15, -0.1) is 0 Å². The molecule has 2 aromatic carbocycles. The number of benzene rings is 2. The van der Waals surface area contributed by atoms with Gasteiger partial charge in [0, 0.05) is 28.8 Å². The van der Waals surface area contributed by atoms with Crippen LogP contribution in [0.25, 0.3) is 33.8 Å². The first-order valence-corrected chi connectivity index (χ1v) is 10.3. The molecule has 4 heterocycles. The quantitative estimate of drug-likeness (QED) is 0.367. The van der Waals surface area contributed by atoms with Crippen LogP contribution in [0.15, 0.2) is 58.5 Å². The van der Waals surface area contributed by atoms with E-state index in [-0.39, 0.29) is 11.0 Å². The molecule has 2 aromatic heterocycles. The van der Waals surface area contributed by atoms with E-state index in [1.54, 1.807) is 0 Å². The van der Waals surface area contributed by atoms with Crippen molar-refractivity contribution in [2.75, 3.05) is 7.05 Å². The fraction of sp³-hybridized carbons (Fsp3) is 0.160. The molecule has 2 aliphatic rings. The third-order valence-corrected chi connectivity index (χ3v) is 6.57. The SMILES string of the molecule is CN1C(=O)NC(=O)/C(=C\c2cc3c(o2)-n2c4ccccc4c4cccc(c42)C3(C)C)C1=O. The number of carbonyl (C=O) groups is 3. The van der Waals surface area contributed by atoms with Crippen molar-refractivity contribution in [1.29, 1.82) is 0 Å². The van der Waals surface area contributed by atoms with Gasteiger partial charge in [-0.3, -0.25) is 24.4 Å². The molecule has 158 valence electrons. The van der Waals surface area contributed by atoms with Crippen molar-refractivity contribution in [3.8, 4) is 5.88 Å². The molecule has 4 amide bonds. The summed E-state index contributed by atoms with van der Waals surface area (Å²) in [6.45, 7) is 4.28. The van der Waals surface area contributed by atoms with Crippen LogP contribution in [0.3, 0.4) is 0 Å². The zero-order chi connectivity index (χ0) is 22.4. The van der Waals surface area contributed by atoms with Crippen molar-refractivity contribution in [3.05, 3.63) is 71.0 Å². The second-order valence-corrected chi connectivity index (χ2v) is 8.73. The summed E-state index contributed by atoms with van der Waals surface area (Å²) in [6.07, 6.45) is 1.41. The van der Waals surface area contributed by atoms with Gasteiger partial charge >= 0.3 is 6.03 Å². The molecule has 0 atom stereocenters. The molecule has 7 nitrogen and oxygen atoms in total. The minimum absolute atomic E-state index is 0.143. The summed E-state index contributed by atoms with van der Waals surface area (Å²) in [7, 11) is 1.33. The van der Waals surface area contributed by atoms with Crippen molar-refractivity contribution in [2.24, 2.45) is 0 Å². The van der Waals surface area contributed by atoms with Crippen LogP contribution in [0.1, 0.15) is 30.7 Å². The molecular weight excluding hydrogens is 406 g/mol. The zero-order valence-corrected chi connectivity index (χ0v) is 17.7. The highest BCUT2D eigenvalue weighted by Crippen LogP contribution is 2.48.